The standard InChI is InChI=1S/C40H62O15/c1-6-8-9-10-11-12-33(43)54-38-27(21-34(44)48-5)20-31-24-32(26-41)51-36(46)22-28(42)14-18-49-19-15-29-23-30(25-35(45)50-17-7-2)53-37(52-29)13-16-39(3,4)40(38,47)55-31/h7,13,16,21,28-32,37-38,41-42,47H,2,6,8-12,14-15,17-20,22-26H2,1,3-5H3/t28-,29?,30?,31+,32?,37-,38+,40-/m1/s1. The van der Waals surface area contributed by atoms with E-state index in [0.717, 1.165) is 31.8 Å². The minimum absolute atomic E-state index is 0.0516. The van der Waals surface area contributed by atoms with Crippen LogP contribution in [0.4, 0.5) is 0 Å². The molecule has 0 aromatic carbocycles. The number of aliphatic hydroxyl groups is 3. The van der Waals surface area contributed by atoms with Crippen LogP contribution < -0.4 is 0 Å². The second-order valence-corrected chi connectivity index (χ2v) is 14.9. The molecule has 312 valence electrons. The van der Waals surface area contributed by atoms with Crippen LogP contribution in [0.25, 0.3) is 0 Å². The molecule has 3 aliphatic heterocycles. The Bertz CT molecular complexity index is 1310. The summed E-state index contributed by atoms with van der Waals surface area (Å²) in [5, 5.41) is 33.4. The van der Waals surface area contributed by atoms with Crippen molar-refractivity contribution in [3.05, 3.63) is 36.5 Å². The molecule has 0 radical (unpaired) electrons. The Kier molecular flexibility index (Phi) is 19.4. The molecule has 3 N–H and O–H groups in total. The van der Waals surface area contributed by atoms with Crippen LogP contribution in [-0.4, -0.2) is 121 Å². The average molecular weight is 783 g/mol. The number of carbonyl (C=O) groups is 4. The Morgan fingerprint density at radius 1 is 1.00 bits per heavy atom. The summed E-state index contributed by atoms with van der Waals surface area (Å²) in [6.45, 7) is 8.80. The van der Waals surface area contributed by atoms with Gasteiger partial charge in [0, 0.05) is 44.0 Å². The number of esters is 4. The van der Waals surface area contributed by atoms with Crippen molar-refractivity contribution in [2.45, 2.75) is 153 Å². The van der Waals surface area contributed by atoms with E-state index in [1.807, 2.05) is 0 Å². The van der Waals surface area contributed by atoms with E-state index in [-0.39, 0.29) is 63.9 Å². The second kappa shape index (κ2) is 23.1. The molecular weight excluding hydrogens is 720 g/mol. The van der Waals surface area contributed by atoms with Gasteiger partial charge in [0.05, 0.1) is 51.0 Å². The van der Waals surface area contributed by atoms with E-state index in [9.17, 15) is 34.5 Å². The first-order valence-corrected chi connectivity index (χ1v) is 19.4. The monoisotopic (exact) mass is 782 g/mol. The largest absolute Gasteiger partial charge is 0.466 e. The Labute approximate surface area is 324 Å². The molecule has 0 amide bonds. The molecule has 0 aromatic heterocycles. The Morgan fingerprint density at radius 2 is 1.73 bits per heavy atom. The van der Waals surface area contributed by atoms with Gasteiger partial charge in [-0.2, -0.15) is 0 Å². The molecule has 0 aliphatic carbocycles. The van der Waals surface area contributed by atoms with Crippen LogP contribution in [0.15, 0.2) is 36.5 Å². The first-order chi connectivity index (χ1) is 26.2. The third-order valence-electron chi connectivity index (χ3n) is 9.88. The Balaban J connectivity index is 2.04. The lowest BCUT2D eigenvalue weighted by Crippen LogP contribution is -2.62. The van der Waals surface area contributed by atoms with Crippen molar-refractivity contribution in [2.24, 2.45) is 5.41 Å². The van der Waals surface area contributed by atoms with Crippen LogP contribution in [0.3, 0.4) is 0 Å². The van der Waals surface area contributed by atoms with Gasteiger partial charge in [0.25, 0.3) is 0 Å². The lowest BCUT2D eigenvalue weighted by Gasteiger charge is -2.51. The molecule has 0 aromatic rings. The van der Waals surface area contributed by atoms with Crippen molar-refractivity contribution in [3.63, 3.8) is 0 Å². The van der Waals surface area contributed by atoms with Gasteiger partial charge in [0.1, 0.15) is 12.7 Å². The zero-order chi connectivity index (χ0) is 40.4. The molecule has 15 nitrogen and oxygen atoms in total. The van der Waals surface area contributed by atoms with E-state index in [4.69, 9.17) is 37.9 Å². The van der Waals surface area contributed by atoms with Crippen LogP contribution in [0.5, 0.6) is 0 Å². The Hall–Kier alpha value is -3.18. The van der Waals surface area contributed by atoms with E-state index in [1.165, 1.54) is 13.2 Å². The van der Waals surface area contributed by atoms with Gasteiger partial charge < -0.3 is 53.2 Å². The number of aliphatic hydroxyl groups excluding tert-OH is 2. The lowest BCUT2D eigenvalue weighted by atomic mass is 9.74. The molecule has 15 heteroatoms. The fraction of sp³-hybridized carbons (Fsp3) is 0.750. The second-order valence-electron chi connectivity index (χ2n) is 14.9. The molecule has 4 bridgehead atoms. The van der Waals surface area contributed by atoms with Crippen molar-refractivity contribution in [2.75, 3.05) is 33.5 Å². The fourth-order valence-corrected chi connectivity index (χ4v) is 6.74. The van der Waals surface area contributed by atoms with Gasteiger partial charge in [-0.3, -0.25) is 14.4 Å². The highest BCUT2D eigenvalue weighted by Crippen LogP contribution is 2.47. The van der Waals surface area contributed by atoms with Gasteiger partial charge in [0.15, 0.2) is 12.4 Å². The highest BCUT2D eigenvalue weighted by molar-refractivity contribution is 5.83. The quantitative estimate of drug-likeness (QED) is 0.0798. The summed E-state index contributed by atoms with van der Waals surface area (Å²) in [5.41, 5.74) is -1.22. The summed E-state index contributed by atoms with van der Waals surface area (Å²) in [4.78, 5) is 51.4. The molecule has 0 spiro atoms. The van der Waals surface area contributed by atoms with Crippen LogP contribution in [0.2, 0.25) is 0 Å². The van der Waals surface area contributed by atoms with Gasteiger partial charge in [-0.25, -0.2) is 4.79 Å². The number of carbonyl (C=O) groups excluding carboxylic acids is 4. The summed E-state index contributed by atoms with van der Waals surface area (Å²) in [6, 6.07) is 0. The molecule has 3 heterocycles. The number of hydrogen-bond acceptors (Lipinski definition) is 15. The van der Waals surface area contributed by atoms with Gasteiger partial charge in [-0.15, -0.1) is 0 Å². The normalized spacial score (nSPS) is 31.4. The van der Waals surface area contributed by atoms with Crippen LogP contribution >= 0.6 is 0 Å². The lowest BCUT2D eigenvalue weighted by molar-refractivity contribution is -0.327. The zero-order valence-corrected chi connectivity index (χ0v) is 32.8. The number of fused-ring (bicyclic) bond motifs is 4. The summed E-state index contributed by atoms with van der Waals surface area (Å²) >= 11 is 0. The van der Waals surface area contributed by atoms with Gasteiger partial charge in [-0.05, 0) is 37.3 Å². The fourth-order valence-electron chi connectivity index (χ4n) is 6.74. The maximum absolute atomic E-state index is 13.3. The minimum Gasteiger partial charge on any atom is -0.466 e. The van der Waals surface area contributed by atoms with Crippen molar-refractivity contribution in [3.8, 4) is 0 Å². The molecule has 3 unspecified atom stereocenters. The molecule has 2 saturated heterocycles. The maximum Gasteiger partial charge on any atom is 0.330 e. The van der Waals surface area contributed by atoms with Gasteiger partial charge in [-0.1, -0.05) is 65.2 Å². The van der Waals surface area contributed by atoms with Crippen LogP contribution in [0.1, 0.15) is 104 Å². The number of rotatable bonds is 13. The third kappa shape index (κ3) is 15.0. The van der Waals surface area contributed by atoms with Gasteiger partial charge >= 0.3 is 23.9 Å². The molecular formula is C40H62O15. The zero-order valence-electron chi connectivity index (χ0n) is 32.8. The first-order valence-electron chi connectivity index (χ1n) is 19.4. The highest BCUT2D eigenvalue weighted by Gasteiger charge is 2.57. The summed E-state index contributed by atoms with van der Waals surface area (Å²) in [7, 11) is 1.19. The summed E-state index contributed by atoms with van der Waals surface area (Å²) in [5.74, 6) is -4.94. The number of methoxy groups -OCH3 is 1. The highest BCUT2D eigenvalue weighted by atomic mass is 16.7. The van der Waals surface area contributed by atoms with E-state index in [2.05, 4.69) is 13.5 Å². The van der Waals surface area contributed by atoms with Crippen molar-refractivity contribution >= 4 is 23.9 Å². The SMILES string of the molecule is C=CCOC(=O)CC1CC2CCOCC[C@@H](O)CC(=O)OC(CO)C[C@@H]3CC(=CC(=O)OC)[C@H](OC(=O)CCCCCCC)[C@@](O)(O3)C(C)(C)C=C[C@H](O2)O1. The van der Waals surface area contributed by atoms with Crippen LogP contribution in [-0.2, 0) is 57.1 Å². The van der Waals surface area contributed by atoms with E-state index >= 15 is 0 Å². The van der Waals surface area contributed by atoms with E-state index < -0.39 is 84.6 Å². The van der Waals surface area contributed by atoms with Gasteiger partial charge in [0.2, 0.25) is 5.79 Å². The molecule has 0 saturated carbocycles. The van der Waals surface area contributed by atoms with E-state index in [1.54, 1.807) is 26.0 Å². The number of ether oxygens (including phenoxy) is 8. The summed E-state index contributed by atoms with van der Waals surface area (Å²) < 4.78 is 46.1. The topological polar surface area (TPSA) is 203 Å². The number of unbranched alkanes of at least 4 members (excludes halogenated alkanes) is 4. The van der Waals surface area contributed by atoms with E-state index in [0.29, 0.717) is 19.3 Å². The van der Waals surface area contributed by atoms with Crippen molar-refractivity contribution in [1.82, 2.24) is 0 Å². The molecule has 3 aliphatic rings. The molecule has 2 fully saturated rings. The number of cyclic esters (lactones) is 1. The summed E-state index contributed by atoms with van der Waals surface area (Å²) in [6.07, 6.45) is 3.96. The Morgan fingerprint density at radius 3 is 2.44 bits per heavy atom. The average Bonchev–Trinajstić information content (AvgIpc) is 3.13. The molecule has 55 heavy (non-hydrogen) atoms. The third-order valence-corrected chi connectivity index (χ3v) is 9.88. The molecule has 3 rings (SSSR count). The number of hydrogen-bond donors (Lipinski definition) is 3. The van der Waals surface area contributed by atoms with Crippen molar-refractivity contribution in [1.29, 1.82) is 0 Å². The van der Waals surface area contributed by atoms with Crippen molar-refractivity contribution < 1.29 is 72.4 Å². The van der Waals surface area contributed by atoms with Crippen LogP contribution in [0, 0.1) is 5.41 Å². The first kappa shape index (κ1) is 46.2. The smallest absolute Gasteiger partial charge is 0.330 e. The minimum atomic E-state index is -2.35. The molecule has 8 atom stereocenters. The maximum atomic E-state index is 13.3. The predicted molar refractivity (Wildman–Crippen MR) is 197 cm³/mol. The predicted octanol–water partition coefficient (Wildman–Crippen LogP) is 3.89.